The first kappa shape index (κ1) is 17.2. The molecule has 0 atom stereocenters. The van der Waals surface area contributed by atoms with E-state index in [1.54, 1.807) is 18.2 Å². The van der Waals surface area contributed by atoms with E-state index in [4.69, 9.17) is 5.14 Å². The van der Waals surface area contributed by atoms with Gasteiger partial charge in [-0.1, -0.05) is 34.1 Å². The highest BCUT2D eigenvalue weighted by atomic mass is 79.9. The van der Waals surface area contributed by atoms with Crippen molar-refractivity contribution in [1.82, 2.24) is 0 Å². The van der Waals surface area contributed by atoms with Crippen molar-refractivity contribution in [1.29, 1.82) is 0 Å². The van der Waals surface area contributed by atoms with E-state index >= 15 is 0 Å². The molecule has 8 heteroatoms. The fraction of sp³-hybridized carbons (Fsp3) is 0. The zero-order valence-electron chi connectivity index (χ0n) is 11.9. The van der Waals surface area contributed by atoms with Gasteiger partial charge in [-0.3, -0.25) is 9.52 Å². The van der Waals surface area contributed by atoms with Crippen LogP contribution in [0.15, 0.2) is 59.1 Å². The number of hydrogen-bond donors (Lipinski definition) is 3. The number of rotatable bonds is 5. The maximum absolute atomic E-state index is 11.9. The van der Waals surface area contributed by atoms with E-state index in [1.165, 1.54) is 18.2 Å². The number of anilines is 2. The molecule has 0 aliphatic carbocycles. The van der Waals surface area contributed by atoms with Gasteiger partial charge in [0.1, 0.15) is 0 Å². The fourth-order valence-electron chi connectivity index (χ4n) is 1.75. The van der Waals surface area contributed by atoms with Crippen LogP contribution in [0.1, 0.15) is 5.56 Å². The third-order valence-electron chi connectivity index (χ3n) is 2.69. The average Bonchev–Trinajstić information content (AvgIpc) is 2.45. The monoisotopic (exact) mass is 395 g/mol. The van der Waals surface area contributed by atoms with Crippen molar-refractivity contribution in [3.63, 3.8) is 0 Å². The van der Waals surface area contributed by atoms with Gasteiger partial charge in [0, 0.05) is 16.2 Å². The van der Waals surface area contributed by atoms with Crippen molar-refractivity contribution in [2.45, 2.75) is 0 Å². The fourth-order valence-corrected chi connectivity index (χ4v) is 2.47. The summed E-state index contributed by atoms with van der Waals surface area (Å²) < 4.78 is 25.1. The highest BCUT2D eigenvalue weighted by molar-refractivity contribution is 9.10. The second-order valence-corrected chi connectivity index (χ2v) is 6.81. The number of carbonyl (C=O) groups is 1. The standard InChI is InChI=1S/C15H14BrN3O3S/c16-12-7-4-11(5-8-12)6-9-15(20)18-13-2-1-3-14(10-13)19-23(17,21)22/h1-10,19H,(H,18,20)(H2,17,21,22). The summed E-state index contributed by atoms with van der Waals surface area (Å²) in [6.45, 7) is 0. The summed E-state index contributed by atoms with van der Waals surface area (Å²) in [6, 6.07) is 13.7. The predicted molar refractivity (Wildman–Crippen MR) is 95.0 cm³/mol. The van der Waals surface area contributed by atoms with Crippen molar-refractivity contribution in [3.8, 4) is 0 Å². The van der Waals surface area contributed by atoms with Crippen LogP contribution in [0.3, 0.4) is 0 Å². The van der Waals surface area contributed by atoms with Gasteiger partial charge >= 0.3 is 0 Å². The van der Waals surface area contributed by atoms with E-state index in [2.05, 4.69) is 26.0 Å². The lowest BCUT2D eigenvalue weighted by Crippen LogP contribution is -2.21. The number of halogens is 1. The first-order valence-corrected chi connectivity index (χ1v) is 8.81. The third-order valence-corrected chi connectivity index (χ3v) is 3.74. The molecule has 0 aliphatic heterocycles. The van der Waals surface area contributed by atoms with Gasteiger partial charge in [0.05, 0.1) is 5.69 Å². The van der Waals surface area contributed by atoms with Crippen molar-refractivity contribution in [2.24, 2.45) is 5.14 Å². The highest BCUT2D eigenvalue weighted by Crippen LogP contribution is 2.16. The lowest BCUT2D eigenvalue weighted by molar-refractivity contribution is -0.111. The number of nitrogens with one attached hydrogen (secondary N) is 2. The molecule has 6 nitrogen and oxygen atoms in total. The molecule has 0 fully saturated rings. The molecule has 23 heavy (non-hydrogen) atoms. The lowest BCUT2D eigenvalue weighted by atomic mass is 10.2. The molecule has 0 unspecified atom stereocenters. The summed E-state index contributed by atoms with van der Waals surface area (Å²) in [7, 11) is -3.85. The summed E-state index contributed by atoms with van der Waals surface area (Å²) in [6.07, 6.45) is 3.07. The summed E-state index contributed by atoms with van der Waals surface area (Å²) in [5.74, 6) is -0.333. The average molecular weight is 396 g/mol. The van der Waals surface area contributed by atoms with Crippen molar-refractivity contribution in [2.75, 3.05) is 10.0 Å². The van der Waals surface area contributed by atoms with Crippen molar-refractivity contribution >= 4 is 49.5 Å². The van der Waals surface area contributed by atoms with Crippen molar-refractivity contribution in [3.05, 3.63) is 64.6 Å². The highest BCUT2D eigenvalue weighted by Gasteiger charge is 2.04. The summed E-state index contributed by atoms with van der Waals surface area (Å²) in [5.41, 5.74) is 1.60. The second-order valence-electron chi connectivity index (χ2n) is 4.60. The Bertz CT molecular complexity index is 833. The topological polar surface area (TPSA) is 101 Å². The second kappa shape index (κ2) is 7.40. The van der Waals surface area contributed by atoms with Gasteiger partial charge in [-0.25, -0.2) is 5.14 Å². The zero-order chi connectivity index (χ0) is 16.9. The molecule has 1 amide bonds. The van der Waals surface area contributed by atoms with Gasteiger partial charge in [0.15, 0.2) is 0 Å². The molecule has 0 heterocycles. The molecule has 0 radical (unpaired) electrons. The van der Waals surface area contributed by atoms with Gasteiger partial charge in [0.25, 0.3) is 10.2 Å². The third kappa shape index (κ3) is 6.23. The van der Waals surface area contributed by atoms with E-state index in [-0.39, 0.29) is 11.6 Å². The van der Waals surface area contributed by atoms with E-state index in [0.717, 1.165) is 10.0 Å². The maximum atomic E-state index is 11.9. The smallest absolute Gasteiger partial charge is 0.296 e. The van der Waals surface area contributed by atoms with Crippen LogP contribution in [-0.2, 0) is 15.0 Å². The number of hydrogen-bond acceptors (Lipinski definition) is 3. The van der Waals surface area contributed by atoms with E-state index in [9.17, 15) is 13.2 Å². The van der Waals surface area contributed by atoms with Crippen LogP contribution in [0.5, 0.6) is 0 Å². The van der Waals surface area contributed by atoms with E-state index in [0.29, 0.717) is 5.69 Å². The largest absolute Gasteiger partial charge is 0.322 e. The zero-order valence-corrected chi connectivity index (χ0v) is 14.3. The molecule has 0 saturated carbocycles. The molecule has 2 rings (SSSR count). The Labute approximate surface area is 142 Å². The number of carbonyl (C=O) groups excluding carboxylic acids is 1. The van der Waals surface area contributed by atoms with Crippen LogP contribution in [0.4, 0.5) is 11.4 Å². The van der Waals surface area contributed by atoms with Gasteiger partial charge in [-0.2, -0.15) is 8.42 Å². The van der Waals surface area contributed by atoms with E-state index < -0.39 is 10.2 Å². The normalized spacial score (nSPS) is 11.4. The quantitative estimate of drug-likeness (QED) is 0.678. The lowest BCUT2D eigenvalue weighted by Gasteiger charge is -2.06. The minimum atomic E-state index is -3.85. The van der Waals surface area contributed by atoms with Crippen LogP contribution in [0.25, 0.3) is 6.08 Å². The van der Waals surface area contributed by atoms with Crippen molar-refractivity contribution < 1.29 is 13.2 Å². The number of benzene rings is 2. The molecule has 0 aliphatic rings. The maximum Gasteiger partial charge on any atom is 0.296 e. The Hall–Kier alpha value is -2.16. The van der Waals surface area contributed by atoms with Crippen LogP contribution in [0.2, 0.25) is 0 Å². The van der Waals surface area contributed by atoms with Gasteiger partial charge in [0.2, 0.25) is 5.91 Å². The van der Waals surface area contributed by atoms with Crippen LogP contribution in [-0.4, -0.2) is 14.3 Å². The molecule has 4 N–H and O–H groups in total. The molecule has 0 bridgehead atoms. The van der Waals surface area contributed by atoms with Gasteiger partial charge in [-0.15, -0.1) is 0 Å². The minimum Gasteiger partial charge on any atom is -0.322 e. The molecular formula is C15H14BrN3O3S. The van der Waals surface area contributed by atoms with E-state index in [1.807, 2.05) is 24.3 Å². The molecule has 0 spiro atoms. The first-order chi connectivity index (χ1) is 10.8. The molecule has 0 saturated heterocycles. The first-order valence-electron chi connectivity index (χ1n) is 6.47. The Morgan fingerprint density at radius 2 is 1.74 bits per heavy atom. The van der Waals surface area contributed by atoms with Gasteiger partial charge < -0.3 is 5.32 Å². The number of nitrogens with two attached hydrogens (primary N) is 1. The Morgan fingerprint density at radius 1 is 1.09 bits per heavy atom. The van der Waals surface area contributed by atoms with Crippen LogP contribution >= 0.6 is 15.9 Å². The molecular weight excluding hydrogens is 382 g/mol. The summed E-state index contributed by atoms with van der Waals surface area (Å²) in [4.78, 5) is 11.9. The minimum absolute atomic E-state index is 0.266. The summed E-state index contributed by atoms with van der Waals surface area (Å²) in [5, 5.41) is 7.54. The molecule has 120 valence electrons. The molecule has 2 aromatic rings. The Balaban J connectivity index is 2.02. The van der Waals surface area contributed by atoms with Crippen LogP contribution in [0, 0.1) is 0 Å². The molecule has 0 aromatic heterocycles. The SMILES string of the molecule is NS(=O)(=O)Nc1cccc(NC(=O)C=Cc2ccc(Br)cc2)c1. The Kier molecular flexibility index (Phi) is 5.54. The predicted octanol–water partition coefficient (Wildman–Crippen LogP) is 2.72. The number of amides is 1. The van der Waals surface area contributed by atoms with Crippen LogP contribution < -0.4 is 15.2 Å². The summed E-state index contributed by atoms with van der Waals surface area (Å²) >= 11 is 3.34. The Morgan fingerprint density at radius 3 is 2.39 bits per heavy atom. The van der Waals surface area contributed by atoms with Gasteiger partial charge in [-0.05, 0) is 42.0 Å². The molecule has 2 aromatic carbocycles.